The van der Waals surface area contributed by atoms with Crippen molar-refractivity contribution >= 4 is 33.2 Å². The van der Waals surface area contributed by atoms with Gasteiger partial charge in [-0.2, -0.15) is 0 Å². The molecule has 0 radical (unpaired) electrons. The molecule has 0 aliphatic rings. The molecule has 0 bridgehead atoms. The topological polar surface area (TPSA) is 56.0 Å². The fourth-order valence-electron chi connectivity index (χ4n) is 1.81. The molecule has 0 aliphatic carbocycles. The number of carbonyl (C=O) groups is 1. The molecule has 0 N–H and O–H groups in total. The van der Waals surface area contributed by atoms with Crippen molar-refractivity contribution in [1.82, 2.24) is 10.3 Å². The molecule has 3 aromatic rings. The molecule has 88 valence electrons. The lowest BCUT2D eigenvalue weighted by Crippen LogP contribution is -1.83. The van der Waals surface area contributed by atoms with Gasteiger partial charge in [-0.15, -0.1) is 0 Å². The Morgan fingerprint density at radius 2 is 2.00 bits per heavy atom. The van der Waals surface area contributed by atoms with Gasteiger partial charge in [-0.25, -0.2) is 4.63 Å². The van der Waals surface area contributed by atoms with Gasteiger partial charge in [0.2, 0.25) is 0 Å². The number of fused-ring (bicyclic) bond motifs is 1. The number of nitrogens with zero attached hydrogens (tertiary/aromatic N) is 2. The summed E-state index contributed by atoms with van der Waals surface area (Å²) in [7, 11) is 0. The van der Waals surface area contributed by atoms with Gasteiger partial charge in [0.1, 0.15) is 17.3 Å². The van der Waals surface area contributed by atoms with Gasteiger partial charge in [0.15, 0.2) is 0 Å². The summed E-state index contributed by atoms with van der Waals surface area (Å²) in [5.41, 5.74) is 3.90. The van der Waals surface area contributed by atoms with E-state index in [-0.39, 0.29) is 0 Å². The Bertz CT molecular complexity index is 737. The van der Waals surface area contributed by atoms with Gasteiger partial charge in [0, 0.05) is 10.0 Å². The minimum Gasteiger partial charge on any atom is -0.298 e. The third-order valence-corrected chi connectivity index (χ3v) is 3.28. The number of rotatable bonds is 2. The zero-order valence-electron chi connectivity index (χ0n) is 9.13. The van der Waals surface area contributed by atoms with E-state index in [0.29, 0.717) is 16.6 Å². The molecule has 0 spiro atoms. The Hall–Kier alpha value is -2.01. The van der Waals surface area contributed by atoms with Gasteiger partial charge in [-0.3, -0.25) is 4.79 Å². The maximum Gasteiger partial charge on any atom is 0.150 e. The third kappa shape index (κ3) is 1.82. The number of hydrogen-bond acceptors (Lipinski definition) is 4. The lowest BCUT2D eigenvalue weighted by Gasteiger charge is -2.03. The zero-order chi connectivity index (χ0) is 12.5. The van der Waals surface area contributed by atoms with Crippen molar-refractivity contribution in [2.75, 3.05) is 0 Å². The molecule has 18 heavy (non-hydrogen) atoms. The molecule has 1 aromatic heterocycles. The van der Waals surface area contributed by atoms with Crippen LogP contribution >= 0.6 is 15.9 Å². The fourth-order valence-corrected chi connectivity index (χ4v) is 2.33. The Labute approximate surface area is 111 Å². The zero-order valence-corrected chi connectivity index (χ0v) is 10.7. The van der Waals surface area contributed by atoms with Crippen molar-refractivity contribution in [2.24, 2.45) is 0 Å². The van der Waals surface area contributed by atoms with Gasteiger partial charge < -0.3 is 0 Å². The Balaban J connectivity index is 2.21. The number of carbonyl (C=O) groups excluding carboxylic acids is 1. The number of benzene rings is 2. The lowest BCUT2D eigenvalue weighted by atomic mass is 10.0. The van der Waals surface area contributed by atoms with E-state index in [4.69, 9.17) is 4.63 Å². The van der Waals surface area contributed by atoms with Crippen LogP contribution in [0, 0.1) is 0 Å². The Morgan fingerprint density at radius 1 is 1.11 bits per heavy atom. The maximum atomic E-state index is 10.8. The molecule has 2 aromatic carbocycles. The Kier molecular flexibility index (Phi) is 2.68. The van der Waals surface area contributed by atoms with Crippen LogP contribution in [0.25, 0.3) is 22.2 Å². The minimum atomic E-state index is 0.641. The van der Waals surface area contributed by atoms with E-state index in [2.05, 4.69) is 26.2 Å². The molecule has 0 fully saturated rings. The maximum absolute atomic E-state index is 10.8. The smallest absolute Gasteiger partial charge is 0.150 e. The van der Waals surface area contributed by atoms with E-state index < -0.39 is 0 Å². The van der Waals surface area contributed by atoms with Gasteiger partial charge in [-0.05, 0) is 55.6 Å². The fraction of sp³-hybridized carbons (Fsp3) is 0. The number of aldehydes is 1. The van der Waals surface area contributed by atoms with E-state index in [0.717, 1.165) is 21.9 Å². The van der Waals surface area contributed by atoms with Crippen LogP contribution < -0.4 is 0 Å². The molecule has 0 saturated heterocycles. The summed E-state index contributed by atoms with van der Waals surface area (Å²) in [5, 5.41) is 7.62. The molecule has 0 amide bonds. The van der Waals surface area contributed by atoms with Crippen molar-refractivity contribution in [3.63, 3.8) is 0 Å². The van der Waals surface area contributed by atoms with Gasteiger partial charge in [0.05, 0.1) is 0 Å². The van der Waals surface area contributed by atoms with E-state index >= 15 is 0 Å². The molecule has 0 aliphatic heterocycles. The number of halogens is 1. The molecule has 5 heteroatoms. The summed E-state index contributed by atoms with van der Waals surface area (Å²) in [6, 6.07) is 11.2. The highest BCUT2D eigenvalue weighted by molar-refractivity contribution is 9.10. The Morgan fingerprint density at radius 3 is 2.83 bits per heavy atom. The molecular weight excluding hydrogens is 296 g/mol. The lowest BCUT2D eigenvalue weighted by molar-refractivity contribution is 0.112. The van der Waals surface area contributed by atoms with Crippen LogP contribution in [0.5, 0.6) is 0 Å². The molecule has 0 atom stereocenters. The van der Waals surface area contributed by atoms with Crippen LogP contribution in [0.4, 0.5) is 0 Å². The molecule has 3 rings (SSSR count). The van der Waals surface area contributed by atoms with Gasteiger partial charge in [0.25, 0.3) is 0 Å². The monoisotopic (exact) mass is 302 g/mol. The number of hydrogen-bond donors (Lipinski definition) is 0. The average Bonchev–Trinajstić information content (AvgIpc) is 2.87. The quantitative estimate of drug-likeness (QED) is 0.680. The first-order chi connectivity index (χ1) is 8.78. The standard InChI is InChI=1S/C13H7BrN2O2/c14-11-5-10(6-12-13(11)16-18-15-12)9-3-1-2-8(4-9)7-17/h1-7H. The highest BCUT2D eigenvalue weighted by atomic mass is 79.9. The van der Waals surface area contributed by atoms with E-state index in [1.807, 2.05) is 30.3 Å². The molecule has 0 saturated carbocycles. The third-order valence-electron chi connectivity index (χ3n) is 2.67. The second-order valence-electron chi connectivity index (χ2n) is 3.83. The van der Waals surface area contributed by atoms with Crippen molar-refractivity contribution in [3.05, 3.63) is 46.4 Å². The van der Waals surface area contributed by atoms with E-state index in [1.54, 1.807) is 6.07 Å². The SMILES string of the molecule is O=Cc1cccc(-c2cc(Br)c3nonc3c2)c1. The first kappa shape index (κ1) is 11.1. The van der Waals surface area contributed by atoms with Crippen molar-refractivity contribution < 1.29 is 9.42 Å². The van der Waals surface area contributed by atoms with E-state index in [9.17, 15) is 4.79 Å². The summed E-state index contributed by atoms with van der Waals surface area (Å²) in [6.45, 7) is 0. The molecule has 0 unspecified atom stereocenters. The second-order valence-corrected chi connectivity index (χ2v) is 4.69. The van der Waals surface area contributed by atoms with E-state index in [1.165, 1.54) is 0 Å². The summed E-state index contributed by atoms with van der Waals surface area (Å²) in [4.78, 5) is 10.8. The van der Waals surface area contributed by atoms with Crippen LogP contribution in [-0.2, 0) is 0 Å². The summed E-state index contributed by atoms with van der Waals surface area (Å²) in [6.07, 6.45) is 0.828. The van der Waals surface area contributed by atoms with Crippen LogP contribution in [0.1, 0.15) is 10.4 Å². The summed E-state index contributed by atoms with van der Waals surface area (Å²) in [5.74, 6) is 0. The minimum absolute atomic E-state index is 0.641. The number of aromatic nitrogens is 2. The predicted molar refractivity (Wildman–Crippen MR) is 70.3 cm³/mol. The van der Waals surface area contributed by atoms with Gasteiger partial charge >= 0.3 is 0 Å². The predicted octanol–water partition coefficient (Wildman–Crippen LogP) is 3.46. The first-order valence-corrected chi connectivity index (χ1v) is 6.04. The van der Waals surface area contributed by atoms with Gasteiger partial charge in [-0.1, -0.05) is 18.2 Å². The highest BCUT2D eigenvalue weighted by Crippen LogP contribution is 2.29. The van der Waals surface area contributed by atoms with Crippen molar-refractivity contribution in [2.45, 2.75) is 0 Å². The van der Waals surface area contributed by atoms with Crippen LogP contribution in [0.2, 0.25) is 0 Å². The van der Waals surface area contributed by atoms with Crippen molar-refractivity contribution in [3.8, 4) is 11.1 Å². The first-order valence-electron chi connectivity index (χ1n) is 5.25. The molecular formula is C13H7BrN2O2. The molecule has 1 heterocycles. The summed E-state index contributed by atoms with van der Waals surface area (Å²) >= 11 is 3.43. The molecule has 4 nitrogen and oxygen atoms in total. The largest absolute Gasteiger partial charge is 0.298 e. The van der Waals surface area contributed by atoms with Crippen LogP contribution in [0.15, 0.2) is 45.5 Å². The van der Waals surface area contributed by atoms with Crippen molar-refractivity contribution in [1.29, 1.82) is 0 Å². The average molecular weight is 303 g/mol. The second kappa shape index (κ2) is 4.34. The normalized spacial score (nSPS) is 10.7. The highest BCUT2D eigenvalue weighted by Gasteiger charge is 2.08. The van der Waals surface area contributed by atoms with Crippen LogP contribution in [0.3, 0.4) is 0 Å². The van der Waals surface area contributed by atoms with Crippen LogP contribution in [-0.4, -0.2) is 16.6 Å². The summed E-state index contributed by atoms with van der Waals surface area (Å²) < 4.78 is 5.51.